The normalized spacial score (nSPS) is 10.2. The molecule has 2 rings (SSSR count). The van der Waals surface area contributed by atoms with E-state index in [1.165, 1.54) is 11.3 Å². The standard InChI is InChI=1S/C15H17NO2S/c1-12-8-9-14(19-12)15(17)16(2)10-11-18-13-6-4-3-5-7-13/h3-9H,10-11H2,1-2H3. The van der Waals surface area contributed by atoms with Gasteiger partial charge in [0.2, 0.25) is 0 Å². The summed E-state index contributed by atoms with van der Waals surface area (Å²) in [6.45, 7) is 3.07. The van der Waals surface area contributed by atoms with Gasteiger partial charge in [0, 0.05) is 11.9 Å². The average Bonchev–Trinajstić information content (AvgIpc) is 2.85. The van der Waals surface area contributed by atoms with E-state index in [-0.39, 0.29) is 5.91 Å². The van der Waals surface area contributed by atoms with Crippen molar-refractivity contribution in [2.24, 2.45) is 0 Å². The molecule has 1 aromatic carbocycles. The first-order valence-electron chi connectivity index (χ1n) is 6.16. The molecule has 2 aromatic rings. The van der Waals surface area contributed by atoms with E-state index in [9.17, 15) is 4.79 Å². The van der Waals surface area contributed by atoms with E-state index in [0.29, 0.717) is 13.2 Å². The molecule has 0 aliphatic rings. The number of aryl methyl sites for hydroxylation is 1. The van der Waals surface area contributed by atoms with Crippen LogP contribution in [0.25, 0.3) is 0 Å². The van der Waals surface area contributed by atoms with Crippen LogP contribution < -0.4 is 4.74 Å². The number of thiophene rings is 1. The van der Waals surface area contributed by atoms with Gasteiger partial charge >= 0.3 is 0 Å². The predicted octanol–water partition coefficient (Wildman–Crippen LogP) is 3.21. The van der Waals surface area contributed by atoms with Crippen LogP contribution in [0.5, 0.6) is 5.75 Å². The zero-order valence-electron chi connectivity index (χ0n) is 11.1. The van der Waals surface area contributed by atoms with Gasteiger partial charge in [-0.2, -0.15) is 0 Å². The Morgan fingerprint density at radius 3 is 2.58 bits per heavy atom. The lowest BCUT2D eigenvalue weighted by Crippen LogP contribution is -2.30. The van der Waals surface area contributed by atoms with Crippen molar-refractivity contribution in [1.29, 1.82) is 0 Å². The molecule has 4 heteroatoms. The van der Waals surface area contributed by atoms with Crippen molar-refractivity contribution >= 4 is 17.2 Å². The Morgan fingerprint density at radius 1 is 1.21 bits per heavy atom. The monoisotopic (exact) mass is 275 g/mol. The minimum absolute atomic E-state index is 0.0507. The predicted molar refractivity (Wildman–Crippen MR) is 78.0 cm³/mol. The summed E-state index contributed by atoms with van der Waals surface area (Å²) < 4.78 is 5.58. The molecule has 1 aromatic heterocycles. The van der Waals surface area contributed by atoms with E-state index in [1.54, 1.807) is 11.9 Å². The number of rotatable bonds is 5. The fourth-order valence-electron chi connectivity index (χ4n) is 1.66. The zero-order valence-corrected chi connectivity index (χ0v) is 11.9. The van der Waals surface area contributed by atoms with Crippen LogP contribution in [-0.4, -0.2) is 31.0 Å². The molecule has 19 heavy (non-hydrogen) atoms. The molecule has 0 unspecified atom stereocenters. The quantitative estimate of drug-likeness (QED) is 0.838. The maximum absolute atomic E-state index is 12.1. The van der Waals surface area contributed by atoms with Crippen LogP contribution in [0.4, 0.5) is 0 Å². The van der Waals surface area contributed by atoms with E-state index in [0.717, 1.165) is 15.5 Å². The molecule has 0 aliphatic heterocycles. The number of para-hydroxylation sites is 1. The minimum atomic E-state index is 0.0507. The van der Waals surface area contributed by atoms with Crippen molar-refractivity contribution < 1.29 is 9.53 Å². The van der Waals surface area contributed by atoms with Crippen molar-refractivity contribution in [2.75, 3.05) is 20.2 Å². The molecule has 1 heterocycles. The van der Waals surface area contributed by atoms with Crippen LogP contribution in [0, 0.1) is 6.92 Å². The summed E-state index contributed by atoms with van der Waals surface area (Å²) >= 11 is 1.52. The summed E-state index contributed by atoms with van der Waals surface area (Å²) in [7, 11) is 1.80. The maximum atomic E-state index is 12.1. The van der Waals surface area contributed by atoms with Crippen LogP contribution in [0.1, 0.15) is 14.5 Å². The third-order valence-electron chi connectivity index (χ3n) is 2.74. The molecular formula is C15H17NO2S. The molecule has 0 bridgehead atoms. The topological polar surface area (TPSA) is 29.5 Å². The molecule has 0 saturated carbocycles. The highest BCUT2D eigenvalue weighted by Crippen LogP contribution is 2.16. The number of carbonyl (C=O) groups excluding carboxylic acids is 1. The molecule has 1 amide bonds. The van der Waals surface area contributed by atoms with E-state index in [4.69, 9.17) is 4.74 Å². The number of ether oxygens (including phenoxy) is 1. The summed E-state index contributed by atoms with van der Waals surface area (Å²) in [5, 5.41) is 0. The zero-order chi connectivity index (χ0) is 13.7. The molecule has 0 aliphatic carbocycles. The van der Waals surface area contributed by atoms with Crippen LogP contribution in [0.3, 0.4) is 0 Å². The smallest absolute Gasteiger partial charge is 0.263 e. The van der Waals surface area contributed by atoms with Gasteiger partial charge in [0.15, 0.2) is 0 Å². The second-order valence-electron chi connectivity index (χ2n) is 4.30. The largest absolute Gasteiger partial charge is 0.492 e. The Labute approximate surface area is 117 Å². The Bertz CT molecular complexity index is 536. The van der Waals surface area contributed by atoms with Gasteiger partial charge in [-0.05, 0) is 31.2 Å². The molecular weight excluding hydrogens is 258 g/mol. The van der Waals surface area contributed by atoms with Gasteiger partial charge in [-0.3, -0.25) is 4.79 Å². The van der Waals surface area contributed by atoms with E-state index >= 15 is 0 Å². The number of hydrogen-bond donors (Lipinski definition) is 0. The first kappa shape index (κ1) is 13.6. The number of nitrogens with zero attached hydrogens (tertiary/aromatic N) is 1. The molecule has 0 saturated heterocycles. The SMILES string of the molecule is Cc1ccc(C(=O)N(C)CCOc2ccccc2)s1. The highest BCUT2D eigenvalue weighted by Gasteiger charge is 2.13. The molecule has 0 atom stereocenters. The number of benzene rings is 1. The maximum Gasteiger partial charge on any atom is 0.263 e. The molecule has 0 radical (unpaired) electrons. The average molecular weight is 275 g/mol. The fourth-order valence-corrected chi connectivity index (χ4v) is 2.52. The Hall–Kier alpha value is -1.81. The Kier molecular flexibility index (Phi) is 4.58. The summed E-state index contributed by atoms with van der Waals surface area (Å²) in [6, 6.07) is 13.5. The second kappa shape index (κ2) is 6.38. The highest BCUT2D eigenvalue weighted by atomic mass is 32.1. The first-order chi connectivity index (χ1) is 9.16. The van der Waals surface area contributed by atoms with Gasteiger partial charge < -0.3 is 9.64 Å². The third-order valence-corrected chi connectivity index (χ3v) is 3.73. The fraction of sp³-hybridized carbons (Fsp3) is 0.267. The van der Waals surface area contributed by atoms with Crippen molar-refractivity contribution in [3.8, 4) is 5.75 Å². The summed E-state index contributed by atoms with van der Waals surface area (Å²) in [6.07, 6.45) is 0. The van der Waals surface area contributed by atoms with Crippen molar-refractivity contribution in [2.45, 2.75) is 6.92 Å². The molecule has 0 fully saturated rings. The Morgan fingerprint density at radius 2 is 1.95 bits per heavy atom. The van der Waals surface area contributed by atoms with Crippen LogP contribution in [-0.2, 0) is 0 Å². The first-order valence-corrected chi connectivity index (χ1v) is 6.98. The summed E-state index contributed by atoms with van der Waals surface area (Å²) in [4.78, 5) is 15.7. The summed E-state index contributed by atoms with van der Waals surface area (Å²) in [5.74, 6) is 0.880. The number of likely N-dealkylation sites (N-methyl/N-ethyl adjacent to an activating group) is 1. The van der Waals surface area contributed by atoms with Crippen molar-refractivity contribution in [3.63, 3.8) is 0 Å². The van der Waals surface area contributed by atoms with Gasteiger partial charge in [0.25, 0.3) is 5.91 Å². The second-order valence-corrected chi connectivity index (χ2v) is 5.59. The molecule has 0 spiro atoms. The van der Waals surface area contributed by atoms with Crippen LogP contribution in [0.2, 0.25) is 0 Å². The van der Waals surface area contributed by atoms with Gasteiger partial charge in [-0.15, -0.1) is 11.3 Å². The third kappa shape index (κ3) is 3.83. The molecule has 0 N–H and O–H groups in total. The van der Waals surface area contributed by atoms with Gasteiger partial charge in [0.1, 0.15) is 12.4 Å². The molecule has 3 nitrogen and oxygen atoms in total. The van der Waals surface area contributed by atoms with Gasteiger partial charge in [-0.25, -0.2) is 0 Å². The van der Waals surface area contributed by atoms with Crippen molar-refractivity contribution in [1.82, 2.24) is 4.90 Å². The highest BCUT2D eigenvalue weighted by molar-refractivity contribution is 7.13. The lowest BCUT2D eigenvalue weighted by molar-refractivity contribution is 0.0778. The van der Waals surface area contributed by atoms with E-state index < -0.39 is 0 Å². The number of hydrogen-bond acceptors (Lipinski definition) is 3. The van der Waals surface area contributed by atoms with E-state index in [2.05, 4.69) is 0 Å². The minimum Gasteiger partial charge on any atom is -0.492 e. The Balaban J connectivity index is 1.81. The molecule has 100 valence electrons. The lowest BCUT2D eigenvalue weighted by Gasteiger charge is -2.16. The van der Waals surface area contributed by atoms with Gasteiger partial charge in [0.05, 0.1) is 11.4 Å². The lowest BCUT2D eigenvalue weighted by atomic mass is 10.3. The summed E-state index contributed by atoms with van der Waals surface area (Å²) in [5.41, 5.74) is 0. The van der Waals surface area contributed by atoms with Gasteiger partial charge in [-0.1, -0.05) is 18.2 Å². The van der Waals surface area contributed by atoms with Crippen LogP contribution in [0.15, 0.2) is 42.5 Å². The van der Waals surface area contributed by atoms with E-state index in [1.807, 2.05) is 49.4 Å². The van der Waals surface area contributed by atoms with Crippen LogP contribution >= 0.6 is 11.3 Å². The number of carbonyl (C=O) groups is 1. The van der Waals surface area contributed by atoms with Crippen molar-refractivity contribution in [3.05, 3.63) is 52.2 Å². The number of amides is 1.